The van der Waals surface area contributed by atoms with E-state index in [0.29, 0.717) is 17.5 Å². The molecule has 0 aliphatic carbocycles. The van der Waals surface area contributed by atoms with Crippen LogP contribution in [-0.2, 0) is 29.0 Å². The molecule has 1 aliphatic rings. The quantitative estimate of drug-likeness (QED) is 0.298. The summed E-state index contributed by atoms with van der Waals surface area (Å²) in [6.07, 6.45) is 2.18. The van der Waals surface area contributed by atoms with Crippen molar-refractivity contribution < 1.29 is 14.3 Å². The number of ether oxygens (including phenoxy) is 1. The molecule has 0 saturated heterocycles. The third kappa shape index (κ3) is 6.04. The van der Waals surface area contributed by atoms with Gasteiger partial charge >= 0.3 is 0 Å². The van der Waals surface area contributed by atoms with Crippen molar-refractivity contribution in [2.24, 2.45) is 0 Å². The van der Waals surface area contributed by atoms with E-state index in [0.717, 1.165) is 46.7 Å². The number of carbonyl (C=O) groups excluding carboxylic acids is 2. The molecule has 3 aromatic carbocycles. The first-order chi connectivity index (χ1) is 19.4. The molecule has 2 heterocycles. The average molecular weight is 556 g/mol. The van der Waals surface area contributed by atoms with Crippen LogP contribution in [0, 0.1) is 13.8 Å². The minimum atomic E-state index is -0.117. The summed E-state index contributed by atoms with van der Waals surface area (Å²) in [7, 11) is 1.61. The number of thioether (sulfide) groups is 1. The van der Waals surface area contributed by atoms with Crippen LogP contribution in [0.4, 0.5) is 5.69 Å². The molecule has 5 rings (SSSR count). The van der Waals surface area contributed by atoms with Crippen molar-refractivity contribution in [3.8, 4) is 11.4 Å². The number of hydrogen-bond acceptors (Lipinski definition) is 6. The van der Waals surface area contributed by atoms with Gasteiger partial charge in [0.25, 0.3) is 0 Å². The molecule has 8 nitrogen and oxygen atoms in total. The number of aromatic nitrogens is 3. The highest BCUT2D eigenvalue weighted by atomic mass is 32.2. The number of benzene rings is 3. The van der Waals surface area contributed by atoms with Crippen LogP contribution in [0.5, 0.6) is 5.75 Å². The predicted octanol–water partition coefficient (Wildman–Crippen LogP) is 4.82. The third-order valence-electron chi connectivity index (χ3n) is 7.22. The first-order valence-electron chi connectivity index (χ1n) is 13.4. The molecule has 0 saturated carbocycles. The number of carbonyl (C=O) groups is 2. The molecular weight excluding hydrogens is 522 g/mol. The van der Waals surface area contributed by atoms with Gasteiger partial charge in [0.15, 0.2) is 11.0 Å². The zero-order valence-electron chi connectivity index (χ0n) is 23.0. The fourth-order valence-electron chi connectivity index (χ4n) is 4.89. The summed E-state index contributed by atoms with van der Waals surface area (Å²) in [5.41, 5.74) is 6.25. The lowest BCUT2D eigenvalue weighted by Crippen LogP contribution is -2.36. The Morgan fingerprint density at radius 2 is 1.75 bits per heavy atom. The fraction of sp³-hybridized carbons (Fsp3) is 0.290. The van der Waals surface area contributed by atoms with E-state index in [1.807, 2.05) is 64.1 Å². The Balaban J connectivity index is 1.33. The van der Waals surface area contributed by atoms with Crippen molar-refractivity contribution in [2.75, 3.05) is 24.3 Å². The standard InChI is InChI=1S/C31H33N5O3S/c1-21-8-6-12-26(22(21)2)36-28(19-32-29(37)18-23-13-15-25(39-3)16-14-23)33-34-31(36)40-20-30(38)35-17-7-10-24-9-4-5-11-27(24)35/h4-6,8-9,11-16H,7,10,17-20H2,1-3H3,(H,32,37). The second-order valence-corrected chi connectivity index (χ2v) is 10.8. The first kappa shape index (κ1) is 27.5. The molecule has 206 valence electrons. The van der Waals surface area contributed by atoms with Crippen molar-refractivity contribution in [3.05, 3.63) is 94.8 Å². The van der Waals surface area contributed by atoms with Crippen LogP contribution >= 0.6 is 11.8 Å². The largest absolute Gasteiger partial charge is 0.497 e. The molecule has 0 radical (unpaired) electrons. The summed E-state index contributed by atoms with van der Waals surface area (Å²) in [6.45, 7) is 5.04. The fourth-order valence-corrected chi connectivity index (χ4v) is 5.73. The van der Waals surface area contributed by atoms with E-state index >= 15 is 0 Å². The van der Waals surface area contributed by atoms with Gasteiger partial charge < -0.3 is 15.0 Å². The number of hydrogen-bond donors (Lipinski definition) is 1. The van der Waals surface area contributed by atoms with Crippen LogP contribution in [0.2, 0.25) is 0 Å². The molecule has 0 bridgehead atoms. The second kappa shape index (κ2) is 12.4. The Hall–Kier alpha value is -4.11. The van der Waals surface area contributed by atoms with Gasteiger partial charge in [0, 0.05) is 12.2 Å². The molecule has 1 N–H and O–H groups in total. The van der Waals surface area contributed by atoms with E-state index in [1.54, 1.807) is 7.11 Å². The molecule has 1 aliphatic heterocycles. The average Bonchev–Trinajstić information content (AvgIpc) is 3.38. The van der Waals surface area contributed by atoms with Gasteiger partial charge in [0.2, 0.25) is 11.8 Å². The van der Waals surface area contributed by atoms with Crippen LogP contribution in [0.15, 0.2) is 71.9 Å². The molecule has 0 unspecified atom stereocenters. The van der Waals surface area contributed by atoms with Crippen LogP contribution < -0.4 is 15.0 Å². The zero-order chi connectivity index (χ0) is 28.1. The molecule has 0 atom stereocenters. The highest BCUT2D eigenvalue weighted by Gasteiger charge is 2.24. The van der Waals surface area contributed by atoms with Crippen molar-refractivity contribution in [1.82, 2.24) is 20.1 Å². The van der Waals surface area contributed by atoms with Crippen molar-refractivity contribution in [2.45, 2.75) is 44.8 Å². The Kier molecular flexibility index (Phi) is 8.50. The summed E-state index contributed by atoms with van der Waals surface area (Å²) in [5, 5.41) is 12.5. The predicted molar refractivity (Wildman–Crippen MR) is 157 cm³/mol. The number of methoxy groups -OCH3 is 1. The van der Waals surface area contributed by atoms with Crippen molar-refractivity contribution in [1.29, 1.82) is 0 Å². The maximum absolute atomic E-state index is 13.3. The van der Waals surface area contributed by atoms with Gasteiger partial charge in [-0.05, 0) is 73.2 Å². The number of nitrogens with one attached hydrogen (secondary N) is 1. The number of amides is 2. The van der Waals surface area contributed by atoms with E-state index < -0.39 is 0 Å². The van der Waals surface area contributed by atoms with Crippen molar-refractivity contribution >= 4 is 29.3 Å². The number of anilines is 1. The zero-order valence-corrected chi connectivity index (χ0v) is 23.8. The van der Waals surface area contributed by atoms with Crippen LogP contribution in [0.3, 0.4) is 0 Å². The monoisotopic (exact) mass is 555 g/mol. The lowest BCUT2D eigenvalue weighted by Gasteiger charge is -2.29. The van der Waals surface area contributed by atoms with Crippen LogP contribution in [0.1, 0.15) is 34.5 Å². The molecular formula is C31H33N5O3S. The molecule has 2 amide bonds. The Morgan fingerprint density at radius 3 is 2.55 bits per heavy atom. The maximum atomic E-state index is 13.3. The summed E-state index contributed by atoms with van der Waals surface area (Å²) in [4.78, 5) is 28.0. The SMILES string of the molecule is COc1ccc(CC(=O)NCc2nnc(SCC(=O)N3CCCc4ccccc43)n2-c2cccc(C)c2C)cc1. The number of nitrogens with zero attached hydrogens (tertiary/aromatic N) is 4. The Labute approximate surface area is 238 Å². The van der Waals surface area contributed by atoms with E-state index in [4.69, 9.17) is 4.74 Å². The van der Waals surface area contributed by atoms with Crippen LogP contribution in [0.25, 0.3) is 5.69 Å². The Bertz CT molecular complexity index is 1520. The van der Waals surface area contributed by atoms with Gasteiger partial charge in [-0.25, -0.2) is 0 Å². The van der Waals surface area contributed by atoms with E-state index in [9.17, 15) is 9.59 Å². The number of aryl methyl sites for hydroxylation is 2. The lowest BCUT2D eigenvalue weighted by molar-refractivity contribution is -0.120. The van der Waals surface area contributed by atoms with Crippen molar-refractivity contribution in [3.63, 3.8) is 0 Å². The lowest BCUT2D eigenvalue weighted by atomic mass is 10.0. The van der Waals surface area contributed by atoms with Gasteiger partial charge in [-0.1, -0.05) is 54.2 Å². The minimum absolute atomic E-state index is 0.0435. The summed E-state index contributed by atoms with van der Waals surface area (Å²) in [6, 6.07) is 21.6. The third-order valence-corrected chi connectivity index (χ3v) is 8.13. The van der Waals surface area contributed by atoms with Gasteiger partial charge in [-0.15, -0.1) is 10.2 Å². The second-order valence-electron chi connectivity index (χ2n) is 9.82. The Morgan fingerprint density at radius 1 is 0.975 bits per heavy atom. The van der Waals surface area contributed by atoms with Gasteiger partial charge in [0.05, 0.1) is 31.5 Å². The van der Waals surface area contributed by atoms with E-state index in [-0.39, 0.29) is 30.5 Å². The molecule has 40 heavy (non-hydrogen) atoms. The minimum Gasteiger partial charge on any atom is -0.497 e. The topological polar surface area (TPSA) is 89.3 Å². The molecule has 9 heteroatoms. The van der Waals surface area contributed by atoms with E-state index in [1.165, 1.54) is 17.3 Å². The van der Waals surface area contributed by atoms with Gasteiger partial charge in [-0.2, -0.15) is 0 Å². The molecule has 0 fully saturated rings. The van der Waals surface area contributed by atoms with Crippen LogP contribution in [-0.4, -0.2) is 46.0 Å². The summed E-state index contributed by atoms with van der Waals surface area (Å²) < 4.78 is 7.15. The normalized spacial score (nSPS) is 12.6. The molecule has 4 aromatic rings. The maximum Gasteiger partial charge on any atom is 0.237 e. The highest BCUT2D eigenvalue weighted by molar-refractivity contribution is 7.99. The smallest absolute Gasteiger partial charge is 0.237 e. The first-order valence-corrected chi connectivity index (χ1v) is 14.3. The number of fused-ring (bicyclic) bond motifs is 1. The number of para-hydroxylation sites is 1. The summed E-state index contributed by atoms with van der Waals surface area (Å²) in [5.74, 6) is 1.52. The number of rotatable bonds is 9. The molecule has 1 aromatic heterocycles. The highest BCUT2D eigenvalue weighted by Crippen LogP contribution is 2.30. The van der Waals surface area contributed by atoms with Gasteiger partial charge in [-0.3, -0.25) is 14.2 Å². The van der Waals surface area contributed by atoms with Gasteiger partial charge in [0.1, 0.15) is 5.75 Å². The summed E-state index contributed by atoms with van der Waals surface area (Å²) >= 11 is 1.37. The van der Waals surface area contributed by atoms with E-state index in [2.05, 4.69) is 41.5 Å². The molecule has 0 spiro atoms.